The van der Waals surface area contributed by atoms with Crippen molar-refractivity contribution < 1.29 is 14.3 Å². The number of aromatic nitrogens is 6. The summed E-state index contributed by atoms with van der Waals surface area (Å²) >= 11 is 0. The largest absolute Gasteiger partial charge is 0.472 e. The van der Waals surface area contributed by atoms with Crippen LogP contribution in [0.25, 0.3) is 22.5 Å². The molecule has 1 N–H and O–H groups in total. The van der Waals surface area contributed by atoms with E-state index < -0.39 is 5.97 Å². The number of hydrogen-bond donors (Lipinski definition) is 1. The molecule has 0 bridgehead atoms. The quantitative estimate of drug-likeness (QED) is 0.347. The lowest BCUT2D eigenvalue weighted by molar-refractivity contribution is 0.0519. The zero-order chi connectivity index (χ0) is 23.8. The Hall–Kier alpha value is -4.14. The van der Waals surface area contributed by atoms with Crippen LogP contribution in [0.15, 0.2) is 54.7 Å². The zero-order valence-corrected chi connectivity index (χ0v) is 19.2. The summed E-state index contributed by atoms with van der Waals surface area (Å²) < 4.78 is 11.1. The maximum absolute atomic E-state index is 12.3. The molecule has 34 heavy (non-hydrogen) atoms. The molecular weight excluding hydrogens is 432 g/mol. The Morgan fingerprint density at radius 2 is 1.82 bits per heavy atom. The highest BCUT2D eigenvalue weighted by Crippen LogP contribution is 2.30. The summed E-state index contributed by atoms with van der Waals surface area (Å²) in [5.41, 5.74) is 4.11. The van der Waals surface area contributed by atoms with Crippen LogP contribution in [0.1, 0.15) is 48.4 Å². The molecule has 0 saturated carbocycles. The van der Waals surface area contributed by atoms with Gasteiger partial charge in [0.15, 0.2) is 5.82 Å². The molecule has 0 saturated heterocycles. The van der Waals surface area contributed by atoms with Gasteiger partial charge in [0, 0.05) is 18.2 Å². The van der Waals surface area contributed by atoms with Crippen molar-refractivity contribution in [3.05, 3.63) is 71.7 Å². The van der Waals surface area contributed by atoms with E-state index in [0.29, 0.717) is 11.6 Å². The lowest BCUT2D eigenvalue weighted by Crippen LogP contribution is -2.11. The second kappa shape index (κ2) is 11.1. The van der Waals surface area contributed by atoms with Crippen LogP contribution in [0.2, 0.25) is 0 Å². The molecule has 0 unspecified atom stereocenters. The first-order chi connectivity index (χ1) is 16.7. The second-order valence-corrected chi connectivity index (χ2v) is 7.61. The lowest BCUT2D eigenvalue weighted by atomic mass is 9.98. The van der Waals surface area contributed by atoms with E-state index in [1.54, 1.807) is 6.92 Å². The van der Waals surface area contributed by atoms with Crippen molar-refractivity contribution in [1.82, 2.24) is 30.6 Å². The molecule has 0 aliphatic carbocycles. The minimum Gasteiger partial charge on any atom is -0.472 e. The third kappa shape index (κ3) is 5.43. The van der Waals surface area contributed by atoms with Gasteiger partial charge in [-0.1, -0.05) is 61.9 Å². The summed E-state index contributed by atoms with van der Waals surface area (Å²) in [4.78, 5) is 21.1. The number of tetrazole rings is 1. The second-order valence-electron chi connectivity index (χ2n) is 7.61. The number of hydrogen-bond acceptors (Lipinski definition) is 8. The molecule has 2 heterocycles. The number of aromatic amines is 1. The normalized spacial score (nSPS) is 10.8. The number of carbonyl (C=O) groups excluding carboxylic acids is 1. The number of unbranched alkanes of at least 4 members (excludes halogenated alkanes) is 1. The first kappa shape index (κ1) is 23.0. The number of carbonyl (C=O) groups is 1. The molecule has 0 fully saturated rings. The first-order valence-corrected chi connectivity index (χ1v) is 11.3. The van der Waals surface area contributed by atoms with Crippen LogP contribution >= 0.6 is 0 Å². The SMILES string of the molecule is CCCCc1ncc(C(=O)OCC)c(OCc2ccc(-c3ccccc3-c3nnn[nH]3)cc2)n1. The first-order valence-electron chi connectivity index (χ1n) is 11.3. The van der Waals surface area contributed by atoms with Crippen molar-refractivity contribution in [2.45, 2.75) is 39.7 Å². The number of aryl methyl sites for hydroxylation is 1. The van der Waals surface area contributed by atoms with Gasteiger partial charge in [0.1, 0.15) is 18.0 Å². The van der Waals surface area contributed by atoms with Crippen LogP contribution in [0.5, 0.6) is 5.88 Å². The van der Waals surface area contributed by atoms with E-state index in [9.17, 15) is 4.79 Å². The summed E-state index contributed by atoms with van der Waals surface area (Å²) in [7, 11) is 0. The minimum absolute atomic E-state index is 0.230. The molecule has 0 aliphatic heterocycles. The van der Waals surface area contributed by atoms with Gasteiger partial charge in [-0.25, -0.2) is 14.9 Å². The fourth-order valence-corrected chi connectivity index (χ4v) is 3.46. The van der Waals surface area contributed by atoms with E-state index in [4.69, 9.17) is 9.47 Å². The third-order valence-electron chi connectivity index (χ3n) is 5.22. The number of nitrogens with zero attached hydrogens (tertiary/aromatic N) is 5. The van der Waals surface area contributed by atoms with E-state index in [2.05, 4.69) is 37.5 Å². The number of esters is 1. The molecule has 0 atom stereocenters. The summed E-state index contributed by atoms with van der Waals surface area (Å²) in [5, 5.41) is 14.2. The maximum Gasteiger partial charge on any atom is 0.345 e. The van der Waals surface area contributed by atoms with Crippen molar-refractivity contribution in [2.75, 3.05) is 6.61 Å². The van der Waals surface area contributed by atoms with Gasteiger partial charge in [-0.05, 0) is 40.5 Å². The van der Waals surface area contributed by atoms with E-state index >= 15 is 0 Å². The Balaban J connectivity index is 1.52. The molecule has 174 valence electrons. The number of benzene rings is 2. The highest BCUT2D eigenvalue weighted by atomic mass is 16.5. The lowest BCUT2D eigenvalue weighted by Gasteiger charge is -2.12. The topological polar surface area (TPSA) is 116 Å². The van der Waals surface area contributed by atoms with Crippen molar-refractivity contribution >= 4 is 5.97 Å². The van der Waals surface area contributed by atoms with Gasteiger partial charge < -0.3 is 9.47 Å². The summed E-state index contributed by atoms with van der Waals surface area (Å²) in [6.07, 6.45) is 4.21. The van der Waals surface area contributed by atoms with Crippen molar-refractivity contribution in [1.29, 1.82) is 0 Å². The number of H-pyrrole nitrogens is 1. The van der Waals surface area contributed by atoms with E-state index in [-0.39, 0.29) is 24.7 Å². The highest BCUT2D eigenvalue weighted by molar-refractivity contribution is 5.91. The van der Waals surface area contributed by atoms with Crippen molar-refractivity contribution in [3.8, 4) is 28.4 Å². The van der Waals surface area contributed by atoms with Gasteiger partial charge in [-0.3, -0.25) is 0 Å². The molecule has 0 radical (unpaired) electrons. The Kier molecular flexibility index (Phi) is 7.54. The number of rotatable bonds is 10. The fraction of sp³-hybridized carbons (Fsp3) is 0.280. The number of ether oxygens (including phenoxy) is 2. The summed E-state index contributed by atoms with van der Waals surface area (Å²) in [5.74, 6) is 1.01. The van der Waals surface area contributed by atoms with E-state index in [1.165, 1.54) is 6.20 Å². The smallest absolute Gasteiger partial charge is 0.345 e. The molecule has 4 aromatic rings. The Labute approximate surface area is 197 Å². The molecule has 0 spiro atoms. The molecule has 2 aromatic heterocycles. The maximum atomic E-state index is 12.3. The van der Waals surface area contributed by atoms with Crippen LogP contribution in [0.4, 0.5) is 0 Å². The highest BCUT2D eigenvalue weighted by Gasteiger charge is 2.18. The van der Waals surface area contributed by atoms with Crippen molar-refractivity contribution in [3.63, 3.8) is 0 Å². The Bertz CT molecular complexity index is 1230. The Morgan fingerprint density at radius 3 is 2.53 bits per heavy atom. The summed E-state index contributed by atoms with van der Waals surface area (Å²) in [6.45, 7) is 4.38. The molecular formula is C25H26N6O3. The van der Waals surface area contributed by atoms with Crippen LogP contribution in [-0.4, -0.2) is 43.2 Å². The van der Waals surface area contributed by atoms with E-state index in [0.717, 1.165) is 41.5 Å². The predicted molar refractivity (Wildman–Crippen MR) is 126 cm³/mol. The zero-order valence-electron chi connectivity index (χ0n) is 19.2. The van der Waals surface area contributed by atoms with Gasteiger partial charge in [0.25, 0.3) is 0 Å². The van der Waals surface area contributed by atoms with Gasteiger partial charge in [0.05, 0.1) is 6.61 Å². The van der Waals surface area contributed by atoms with Crippen LogP contribution in [-0.2, 0) is 17.8 Å². The molecule has 9 heteroatoms. The molecule has 0 aliphatic rings. The minimum atomic E-state index is -0.492. The van der Waals surface area contributed by atoms with Gasteiger partial charge in [0.2, 0.25) is 5.88 Å². The van der Waals surface area contributed by atoms with Gasteiger partial charge >= 0.3 is 5.97 Å². The van der Waals surface area contributed by atoms with Crippen LogP contribution in [0.3, 0.4) is 0 Å². The van der Waals surface area contributed by atoms with E-state index in [1.807, 2.05) is 48.5 Å². The van der Waals surface area contributed by atoms with Crippen LogP contribution < -0.4 is 4.74 Å². The predicted octanol–water partition coefficient (Wildman–Crippen LogP) is 4.42. The molecule has 4 rings (SSSR count). The molecule has 2 aromatic carbocycles. The molecule has 9 nitrogen and oxygen atoms in total. The average Bonchev–Trinajstić information content (AvgIpc) is 3.42. The average molecular weight is 459 g/mol. The molecule has 0 amide bonds. The van der Waals surface area contributed by atoms with Crippen molar-refractivity contribution in [2.24, 2.45) is 0 Å². The standard InChI is InChI=1S/C25H26N6O3/c1-3-5-10-22-26-15-21(25(32)33-4-2)24(27-22)34-16-17-11-13-18(14-12-17)19-8-6-7-9-20(19)23-28-30-31-29-23/h6-9,11-15H,3-5,10,16H2,1-2H3,(H,28,29,30,31). The van der Waals surface area contributed by atoms with Crippen LogP contribution in [0, 0.1) is 0 Å². The van der Waals surface area contributed by atoms with Gasteiger partial charge in [-0.2, -0.15) is 4.98 Å². The summed E-state index contributed by atoms with van der Waals surface area (Å²) in [6, 6.07) is 15.9. The monoisotopic (exact) mass is 458 g/mol. The Morgan fingerprint density at radius 1 is 1.03 bits per heavy atom. The number of nitrogens with one attached hydrogen (secondary N) is 1. The van der Waals surface area contributed by atoms with Gasteiger partial charge in [-0.15, -0.1) is 5.10 Å². The third-order valence-corrected chi connectivity index (χ3v) is 5.22. The fourth-order valence-electron chi connectivity index (χ4n) is 3.46.